The van der Waals surface area contributed by atoms with Crippen molar-refractivity contribution in [3.8, 4) is 46.0 Å². The summed E-state index contributed by atoms with van der Waals surface area (Å²) in [5.74, 6) is -2.14. The van der Waals surface area contributed by atoms with Gasteiger partial charge in [-0.05, 0) is 93.3 Å². The topological polar surface area (TPSA) is 181 Å². The van der Waals surface area contributed by atoms with E-state index in [1.807, 2.05) is 0 Å². The number of aromatic nitrogens is 3. The fourth-order valence-electron chi connectivity index (χ4n) is 10.3. The lowest BCUT2D eigenvalue weighted by Crippen LogP contribution is -2.64. The molecule has 1 fully saturated rings. The quantitative estimate of drug-likeness (QED) is 0.0275. The van der Waals surface area contributed by atoms with E-state index >= 15 is 0 Å². The van der Waals surface area contributed by atoms with E-state index in [1.165, 1.54) is 156 Å². The minimum absolute atomic E-state index is 0.0137. The number of anilines is 4. The molecule has 3 aromatic heterocycles. The summed E-state index contributed by atoms with van der Waals surface area (Å²) in [5.41, 5.74) is 10.8. The molecule has 90 heavy (non-hydrogen) atoms. The van der Waals surface area contributed by atoms with Crippen molar-refractivity contribution < 1.29 is 81.8 Å². The largest absolute Gasteiger partial charge is 0.493 e. The number of benzene rings is 5. The van der Waals surface area contributed by atoms with Crippen molar-refractivity contribution in [3.05, 3.63) is 164 Å². The number of methoxy groups -OCH3 is 1. The lowest BCUT2D eigenvalue weighted by atomic mass is 9.75. The van der Waals surface area contributed by atoms with Crippen molar-refractivity contribution in [2.45, 2.75) is 89.6 Å². The zero-order valence-corrected chi connectivity index (χ0v) is 49.9. The van der Waals surface area contributed by atoms with E-state index in [0.717, 1.165) is 46.9 Å². The van der Waals surface area contributed by atoms with Crippen LogP contribution in [0.5, 0.6) is 46.0 Å². The lowest BCUT2D eigenvalue weighted by Gasteiger charge is -2.55. The average Bonchev–Trinajstić information content (AvgIpc) is 1.01. The maximum atomic E-state index is 14.8. The van der Waals surface area contributed by atoms with Crippen LogP contribution in [0.3, 0.4) is 0 Å². The Morgan fingerprint density at radius 1 is 0.600 bits per heavy atom. The molecular formula is C60H55F10N9O8S3. The second-order valence-electron chi connectivity index (χ2n) is 20.1. The highest BCUT2D eigenvalue weighted by Gasteiger charge is 2.58. The van der Waals surface area contributed by atoms with Gasteiger partial charge < -0.3 is 64.1 Å². The highest BCUT2D eigenvalue weighted by molar-refractivity contribution is 7.10. The van der Waals surface area contributed by atoms with Crippen molar-refractivity contribution in [2.24, 2.45) is 16.6 Å². The van der Waals surface area contributed by atoms with Gasteiger partial charge in [-0.25, -0.2) is 0 Å². The molecule has 4 unspecified atom stereocenters. The van der Waals surface area contributed by atoms with Crippen LogP contribution in [0, 0.1) is 5.92 Å². The Morgan fingerprint density at radius 2 is 1.16 bits per heavy atom. The number of nitrogens with zero attached hydrogens (tertiary/aromatic N) is 6. The van der Waals surface area contributed by atoms with Crippen LogP contribution in [-0.2, 0) is 5.54 Å². The minimum Gasteiger partial charge on any atom is -0.493 e. The van der Waals surface area contributed by atoms with Gasteiger partial charge in [-0.15, -0.1) is 34.0 Å². The molecule has 0 spiro atoms. The average molecular weight is 1320 g/mol. The van der Waals surface area contributed by atoms with E-state index in [1.54, 1.807) is 18.7 Å². The Labute approximate surface area is 520 Å². The van der Waals surface area contributed by atoms with Crippen LogP contribution in [0.25, 0.3) is 5.70 Å². The minimum atomic E-state index is -3.42. The molecular weight excluding hydrogens is 1260 g/mol. The number of hydrogen-bond donors (Lipinski definition) is 3. The smallest absolute Gasteiger partial charge is 0.387 e. The van der Waals surface area contributed by atoms with E-state index in [9.17, 15) is 43.9 Å². The van der Waals surface area contributed by atoms with E-state index < -0.39 is 74.4 Å². The highest BCUT2D eigenvalue weighted by Crippen LogP contribution is 2.57. The highest BCUT2D eigenvalue weighted by atomic mass is 32.1. The van der Waals surface area contributed by atoms with Crippen molar-refractivity contribution >= 4 is 68.7 Å². The van der Waals surface area contributed by atoms with Crippen molar-refractivity contribution in [1.82, 2.24) is 15.0 Å². The number of alkyl halides is 10. The van der Waals surface area contributed by atoms with Crippen LogP contribution in [0.1, 0.15) is 59.1 Å². The predicted octanol–water partition coefficient (Wildman–Crippen LogP) is 15.3. The summed E-state index contributed by atoms with van der Waals surface area (Å²) in [4.78, 5) is 22.9. The van der Waals surface area contributed by atoms with Gasteiger partial charge in [0, 0.05) is 70.5 Å². The van der Waals surface area contributed by atoms with E-state index in [2.05, 4.69) is 25.6 Å². The van der Waals surface area contributed by atoms with Gasteiger partial charge in [0.1, 0.15) is 23.2 Å². The van der Waals surface area contributed by atoms with Gasteiger partial charge in [0.2, 0.25) is 0 Å². The molecule has 17 nitrogen and oxygen atoms in total. The van der Waals surface area contributed by atoms with Crippen molar-refractivity contribution in [3.63, 3.8) is 0 Å². The first-order valence-corrected chi connectivity index (χ1v) is 30.0. The van der Waals surface area contributed by atoms with Crippen LogP contribution < -0.4 is 64.1 Å². The first-order valence-electron chi connectivity index (χ1n) is 27.4. The molecule has 4 atom stereocenters. The third-order valence-electron chi connectivity index (χ3n) is 14.0. The number of hydrogen-bond acceptors (Lipinski definition) is 20. The third-order valence-corrected chi connectivity index (χ3v) is 16.6. The summed E-state index contributed by atoms with van der Waals surface area (Å²) in [6.07, 6.45) is 5.50. The Balaban J connectivity index is 1.37. The number of ether oxygens (including phenoxy) is 8. The lowest BCUT2D eigenvalue weighted by molar-refractivity contribution is -0.0523. The summed E-state index contributed by atoms with van der Waals surface area (Å²) < 4.78 is 187. The third kappa shape index (κ3) is 14.8. The Kier molecular flexibility index (Phi) is 20.6. The monoisotopic (exact) mass is 1320 g/mol. The Bertz CT molecular complexity index is 3710. The molecule has 8 aromatic rings. The van der Waals surface area contributed by atoms with E-state index in [-0.39, 0.29) is 98.2 Å². The molecule has 1 aliphatic carbocycles. The zero-order chi connectivity index (χ0) is 63.6. The van der Waals surface area contributed by atoms with Gasteiger partial charge in [-0.1, -0.05) is 24.3 Å². The second kappa shape index (κ2) is 28.8. The molecule has 1 saturated carbocycles. The molecule has 0 radical (unpaired) electrons. The Morgan fingerprint density at radius 3 is 1.77 bits per heavy atom. The van der Waals surface area contributed by atoms with Crippen molar-refractivity contribution in [2.75, 3.05) is 40.7 Å². The van der Waals surface area contributed by atoms with Gasteiger partial charge >= 0.3 is 33.1 Å². The van der Waals surface area contributed by atoms with E-state index in [0.29, 0.717) is 9.75 Å². The first-order chi connectivity index (χ1) is 43.4. The standard InChI is InChI=1S/C60H55F10N9O8S3/c1-32(2)82-46-24-36(16-19-43(46)87-59(69)70)79(54(48-26-73-30-89-48)77-35-15-17-41(85-57(65)66)44(22-35)80-3)60(49-27-74-31-90-49,53(47-25-72-29-88-47)76-34-14-18-42(86-58(67)68)45(23-34)81-28-33-12-13-33)52(71)50-51(37-8-4-6-10-39(37)83-55(61)62)78(21-20-75-50)38-9-5-7-11-40(38)84-56(63)64/h4-11,14-20,22-27,29-33,52-59,76-77H,12-13,21,28,71H2,1-3H3. The SMILES string of the molecule is COc1cc(NC(c2cncs2)N(c2ccc(OC(F)F)c(OC(C)C)c2)C(c2cncs2)(C(N)C2=C(c3ccccc3OC(F)F)N(c3ccccc3OC(F)F)CC=N2)C(Nc2ccc(OC(F)F)c(OCC3CC3)c2)c2cncs2)ccc1OC(F)F. The van der Waals surface area contributed by atoms with Gasteiger partial charge in [0.15, 0.2) is 34.5 Å². The molecule has 1 aliphatic heterocycles. The molecule has 10 rings (SSSR count). The van der Waals surface area contributed by atoms with Gasteiger partial charge in [0.25, 0.3) is 0 Å². The number of nitrogens with two attached hydrogens (primary N) is 1. The molecule has 476 valence electrons. The molecule has 0 bridgehead atoms. The van der Waals surface area contributed by atoms with E-state index in [4.69, 9.17) is 48.6 Å². The number of nitrogens with one attached hydrogen (secondary N) is 2. The summed E-state index contributed by atoms with van der Waals surface area (Å²) in [6.45, 7) is -13.4. The molecule has 4 N–H and O–H groups in total. The number of halogens is 10. The summed E-state index contributed by atoms with van der Waals surface area (Å²) in [6, 6.07) is 20.5. The van der Waals surface area contributed by atoms with Gasteiger partial charge in [-0.2, -0.15) is 43.9 Å². The fraction of sp³-hybridized carbons (Fsp3) is 0.300. The maximum Gasteiger partial charge on any atom is 0.387 e. The molecule has 30 heteroatoms. The number of thiazole rings is 3. The number of para-hydroxylation sites is 3. The summed E-state index contributed by atoms with van der Waals surface area (Å²) >= 11 is 3.28. The fourth-order valence-corrected chi connectivity index (χ4v) is 12.6. The number of rotatable bonds is 31. The van der Waals surface area contributed by atoms with Crippen molar-refractivity contribution in [1.29, 1.82) is 0 Å². The Hall–Kier alpha value is -8.74. The molecule has 0 amide bonds. The normalized spacial score (nSPS) is 15.1. The van der Waals surface area contributed by atoms with Crippen LogP contribution >= 0.6 is 34.0 Å². The van der Waals surface area contributed by atoms with Crippen LogP contribution in [0.15, 0.2) is 149 Å². The van der Waals surface area contributed by atoms with Gasteiger partial charge in [0.05, 0.1) is 81.8 Å². The summed E-state index contributed by atoms with van der Waals surface area (Å²) in [5, 5.41) is 7.19. The maximum absolute atomic E-state index is 14.8. The molecule has 4 heterocycles. The molecule has 0 saturated heterocycles. The predicted molar refractivity (Wildman–Crippen MR) is 320 cm³/mol. The van der Waals surface area contributed by atoms with Gasteiger partial charge in [-0.3, -0.25) is 19.9 Å². The zero-order valence-electron chi connectivity index (χ0n) is 47.5. The van der Waals surface area contributed by atoms with Crippen LogP contribution in [-0.4, -0.2) is 86.6 Å². The first kappa shape index (κ1) is 64.3. The number of aliphatic imine (C=N–C) groups is 1. The van der Waals surface area contributed by atoms with Crippen LogP contribution in [0.4, 0.5) is 66.7 Å². The molecule has 5 aromatic carbocycles. The second-order valence-corrected chi connectivity index (χ2v) is 22.8. The molecule has 2 aliphatic rings. The van der Waals surface area contributed by atoms with Crippen LogP contribution in [0.2, 0.25) is 0 Å². The summed E-state index contributed by atoms with van der Waals surface area (Å²) in [7, 11) is 1.24.